The molecule has 0 radical (unpaired) electrons. The summed E-state index contributed by atoms with van der Waals surface area (Å²) in [6.07, 6.45) is 13.6. The minimum Gasteiger partial charge on any atom is -0.264 e. The lowest BCUT2D eigenvalue weighted by atomic mass is 10.1. The number of allylic oxidation sites excluding steroid dienone is 3. The maximum atomic E-state index is 4.12. The molecule has 0 bridgehead atoms. The zero-order valence-corrected chi connectivity index (χ0v) is 10.7. The number of hydrogen-bond donors (Lipinski definition) is 0. The molecule has 0 atom stereocenters. The Hall–Kier alpha value is -1.63. The first-order valence-electron chi connectivity index (χ1n) is 5.66. The maximum absolute atomic E-state index is 4.12. The molecule has 0 spiro atoms. The third-order valence-electron chi connectivity index (χ3n) is 2.00. The summed E-state index contributed by atoms with van der Waals surface area (Å²) in [6, 6.07) is 0. The van der Waals surface area contributed by atoms with Gasteiger partial charge < -0.3 is 0 Å². The summed E-state index contributed by atoms with van der Waals surface area (Å²) in [5.41, 5.74) is 3.43. The standard InChI is InChI=1S/C13H15N.C2H6/c1-4-6-7-8-13-11(3)9-14-10-12(13)5-2;1-2/h4-10H,2H2,1,3H3;1-2H3/b6-4-,8-7-;. The fourth-order valence-corrected chi connectivity index (χ4v) is 1.25. The maximum Gasteiger partial charge on any atom is 0.0346 e. The van der Waals surface area contributed by atoms with Crippen LogP contribution >= 0.6 is 0 Å². The molecule has 0 fully saturated rings. The Morgan fingerprint density at radius 2 is 1.88 bits per heavy atom. The summed E-state index contributed by atoms with van der Waals surface area (Å²) in [5, 5.41) is 0. The number of hydrogen-bond acceptors (Lipinski definition) is 1. The topological polar surface area (TPSA) is 12.9 Å². The van der Waals surface area contributed by atoms with Gasteiger partial charge in [0.05, 0.1) is 0 Å². The molecular formula is C15H21N. The van der Waals surface area contributed by atoms with E-state index in [1.807, 2.05) is 57.5 Å². The van der Waals surface area contributed by atoms with Crippen LogP contribution in [0.1, 0.15) is 37.5 Å². The summed E-state index contributed by atoms with van der Waals surface area (Å²) in [7, 11) is 0. The van der Waals surface area contributed by atoms with E-state index >= 15 is 0 Å². The van der Waals surface area contributed by atoms with Crippen LogP contribution in [0.25, 0.3) is 12.2 Å². The number of pyridine rings is 1. The van der Waals surface area contributed by atoms with E-state index < -0.39 is 0 Å². The van der Waals surface area contributed by atoms with Gasteiger partial charge >= 0.3 is 0 Å². The van der Waals surface area contributed by atoms with Gasteiger partial charge in [0.2, 0.25) is 0 Å². The molecule has 1 aromatic heterocycles. The summed E-state index contributed by atoms with van der Waals surface area (Å²) in [6.45, 7) is 11.8. The molecule has 0 unspecified atom stereocenters. The lowest BCUT2D eigenvalue weighted by molar-refractivity contribution is 1.25. The highest BCUT2D eigenvalue weighted by molar-refractivity contribution is 5.66. The Morgan fingerprint density at radius 3 is 2.44 bits per heavy atom. The molecule has 0 N–H and O–H groups in total. The molecular weight excluding hydrogens is 194 g/mol. The van der Waals surface area contributed by atoms with E-state index in [4.69, 9.17) is 0 Å². The van der Waals surface area contributed by atoms with Crippen molar-refractivity contribution < 1.29 is 0 Å². The van der Waals surface area contributed by atoms with Gasteiger partial charge in [0, 0.05) is 12.4 Å². The van der Waals surface area contributed by atoms with Crippen LogP contribution in [0.4, 0.5) is 0 Å². The van der Waals surface area contributed by atoms with Crippen LogP contribution in [0, 0.1) is 6.92 Å². The zero-order valence-electron chi connectivity index (χ0n) is 10.7. The lowest BCUT2D eigenvalue weighted by Gasteiger charge is -2.03. The van der Waals surface area contributed by atoms with Crippen LogP contribution < -0.4 is 0 Å². The molecule has 0 aliphatic heterocycles. The highest BCUT2D eigenvalue weighted by atomic mass is 14.6. The summed E-state index contributed by atoms with van der Waals surface area (Å²) in [4.78, 5) is 4.12. The fraction of sp³-hybridized carbons (Fsp3) is 0.267. The van der Waals surface area contributed by atoms with Crippen molar-refractivity contribution >= 4 is 12.2 Å². The molecule has 1 aromatic rings. The quantitative estimate of drug-likeness (QED) is 0.669. The largest absolute Gasteiger partial charge is 0.264 e. The Morgan fingerprint density at radius 1 is 1.19 bits per heavy atom. The second kappa shape index (κ2) is 8.66. The van der Waals surface area contributed by atoms with E-state index in [1.165, 1.54) is 11.1 Å². The Bertz CT molecular complexity index is 373. The van der Waals surface area contributed by atoms with Crippen LogP contribution in [-0.4, -0.2) is 4.98 Å². The average molecular weight is 215 g/mol. The van der Waals surface area contributed by atoms with Gasteiger partial charge in [-0.1, -0.05) is 50.8 Å². The SMILES string of the molecule is C=Cc1cncc(C)c1/C=C\C=C/C.CC. The third-order valence-corrected chi connectivity index (χ3v) is 2.00. The van der Waals surface area contributed by atoms with E-state index in [9.17, 15) is 0 Å². The smallest absolute Gasteiger partial charge is 0.0346 e. The molecule has 0 aliphatic rings. The van der Waals surface area contributed by atoms with Gasteiger partial charge in [0.15, 0.2) is 0 Å². The fourth-order valence-electron chi connectivity index (χ4n) is 1.25. The van der Waals surface area contributed by atoms with Crippen LogP contribution in [0.15, 0.2) is 37.2 Å². The van der Waals surface area contributed by atoms with Gasteiger partial charge in [0.25, 0.3) is 0 Å². The predicted molar refractivity (Wildman–Crippen MR) is 74.3 cm³/mol. The second-order valence-electron chi connectivity index (χ2n) is 3.05. The summed E-state index contributed by atoms with van der Waals surface area (Å²) in [5.74, 6) is 0. The number of aromatic nitrogens is 1. The van der Waals surface area contributed by atoms with Gasteiger partial charge in [-0.25, -0.2) is 0 Å². The van der Waals surface area contributed by atoms with E-state index in [0.29, 0.717) is 0 Å². The Labute approximate surface area is 99.2 Å². The molecule has 1 rings (SSSR count). The summed E-state index contributed by atoms with van der Waals surface area (Å²) < 4.78 is 0. The van der Waals surface area contributed by atoms with Crippen molar-refractivity contribution in [2.75, 3.05) is 0 Å². The Balaban J connectivity index is 0.00000106. The van der Waals surface area contributed by atoms with Gasteiger partial charge in [-0.15, -0.1) is 0 Å². The molecule has 0 saturated heterocycles. The molecule has 1 nitrogen and oxygen atoms in total. The second-order valence-corrected chi connectivity index (χ2v) is 3.05. The molecule has 0 saturated carbocycles. The average Bonchev–Trinajstić information content (AvgIpc) is 2.34. The number of aryl methyl sites for hydroxylation is 1. The minimum atomic E-state index is 1.07. The van der Waals surface area contributed by atoms with Crippen molar-refractivity contribution in [2.24, 2.45) is 0 Å². The number of nitrogens with zero attached hydrogens (tertiary/aromatic N) is 1. The van der Waals surface area contributed by atoms with Crippen molar-refractivity contribution in [3.63, 3.8) is 0 Å². The zero-order chi connectivity index (χ0) is 12.4. The van der Waals surface area contributed by atoms with E-state index in [1.54, 1.807) is 0 Å². The summed E-state index contributed by atoms with van der Waals surface area (Å²) >= 11 is 0. The van der Waals surface area contributed by atoms with Crippen LogP contribution in [0.3, 0.4) is 0 Å². The van der Waals surface area contributed by atoms with Gasteiger partial charge in [-0.05, 0) is 30.5 Å². The molecule has 0 aromatic carbocycles. The van der Waals surface area contributed by atoms with Crippen molar-refractivity contribution in [1.82, 2.24) is 4.98 Å². The van der Waals surface area contributed by atoms with Gasteiger partial charge in [-0.2, -0.15) is 0 Å². The molecule has 1 heteroatoms. The van der Waals surface area contributed by atoms with Crippen LogP contribution in [-0.2, 0) is 0 Å². The molecule has 0 amide bonds. The third kappa shape index (κ3) is 4.26. The number of rotatable bonds is 3. The van der Waals surface area contributed by atoms with Gasteiger partial charge in [0.1, 0.15) is 0 Å². The molecule has 16 heavy (non-hydrogen) atoms. The van der Waals surface area contributed by atoms with Crippen molar-refractivity contribution in [2.45, 2.75) is 27.7 Å². The van der Waals surface area contributed by atoms with Gasteiger partial charge in [-0.3, -0.25) is 4.98 Å². The first-order chi connectivity index (χ1) is 7.79. The first-order valence-corrected chi connectivity index (χ1v) is 5.66. The predicted octanol–water partition coefficient (Wildman–Crippen LogP) is 4.65. The lowest BCUT2D eigenvalue weighted by Crippen LogP contribution is -1.87. The monoisotopic (exact) mass is 215 g/mol. The van der Waals surface area contributed by atoms with Crippen molar-refractivity contribution in [3.05, 3.63) is 53.9 Å². The van der Waals surface area contributed by atoms with Crippen LogP contribution in [0.2, 0.25) is 0 Å². The van der Waals surface area contributed by atoms with Crippen molar-refractivity contribution in [1.29, 1.82) is 0 Å². The van der Waals surface area contributed by atoms with E-state index in [2.05, 4.69) is 24.6 Å². The molecule has 0 aliphatic carbocycles. The van der Waals surface area contributed by atoms with E-state index in [-0.39, 0.29) is 0 Å². The van der Waals surface area contributed by atoms with Crippen molar-refractivity contribution in [3.8, 4) is 0 Å². The molecule has 1 heterocycles. The van der Waals surface area contributed by atoms with Crippen LogP contribution in [0.5, 0.6) is 0 Å². The van der Waals surface area contributed by atoms with E-state index in [0.717, 1.165) is 5.56 Å². The highest BCUT2D eigenvalue weighted by Gasteiger charge is 1.98. The Kier molecular flexibility index (Phi) is 7.78. The highest BCUT2D eigenvalue weighted by Crippen LogP contribution is 2.15. The molecule has 86 valence electrons. The minimum absolute atomic E-state index is 1.07. The first kappa shape index (κ1) is 14.4. The normalized spacial score (nSPS) is 10.2.